The number of nitro groups is 1. The highest BCUT2D eigenvalue weighted by atomic mass is 16.6. The molecule has 0 aromatic heterocycles. The van der Waals surface area contributed by atoms with Crippen LogP contribution in [0.15, 0.2) is 30.0 Å². The molecule has 1 aliphatic rings. The van der Waals surface area contributed by atoms with Crippen molar-refractivity contribution in [2.24, 2.45) is 11.8 Å². The van der Waals surface area contributed by atoms with Gasteiger partial charge >= 0.3 is 0 Å². The van der Waals surface area contributed by atoms with Crippen molar-refractivity contribution in [3.8, 4) is 0 Å². The van der Waals surface area contributed by atoms with Crippen molar-refractivity contribution in [1.82, 2.24) is 0 Å². The van der Waals surface area contributed by atoms with E-state index in [1.807, 2.05) is 32.0 Å². The number of fused-ring (bicyclic) bond motifs is 1. The second kappa shape index (κ2) is 4.08. The third-order valence-electron chi connectivity index (χ3n) is 3.19. The molecule has 0 saturated heterocycles. The van der Waals surface area contributed by atoms with E-state index in [-0.39, 0.29) is 10.8 Å². The number of nitrogens with zero attached hydrogens (tertiary/aromatic N) is 1. The SMILES string of the molecule is CC(C)C1Cc2ccccc2C=C1[N+](=O)[O-]. The molecular weight excluding hydrogens is 202 g/mol. The zero-order valence-electron chi connectivity index (χ0n) is 9.51. The quantitative estimate of drug-likeness (QED) is 0.564. The van der Waals surface area contributed by atoms with E-state index in [4.69, 9.17) is 0 Å². The van der Waals surface area contributed by atoms with Crippen LogP contribution >= 0.6 is 0 Å². The maximum atomic E-state index is 11.0. The zero-order chi connectivity index (χ0) is 11.7. The van der Waals surface area contributed by atoms with Gasteiger partial charge in [0.25, 0.3) is 0 Å². The van der Waals surface area contributed by atoms with Crippen molar-refractivity contribution in [1.29, 1.82) is 0 Å². The van der Waals surface area contributed by atoms with E-state index in [9.17, 15) is 10.1 Å². The highest BCUT2D eigenvalue weighted by molar-refractivity contribution is 5.58. The highest BCUT2D eigenvalue weighted by Gasteiger charge is 2.31. The first-order valence-corrected chi connectivity index (χ1v) is 5.53. The summed E-state index contributed by atoms with van der Waals surface area (Å²) in [5.41, 5.74) is 2.56. The summed E-state index contributed by atoms with van der Waals surface area (Å²) in [6.07, 6.45) is 2.50. The van der Waals surface area contributed by atoms with Crippen molar-refractivity contribution >= 4 is 6.08 Å². The van der Waals surface area contributed by atoms with Crippen LogP contribution in [0, 0.1) is 22.0 Å². The van der Waals surface area contributed by atoms with Crippen LogP contribution in [0.3, 0.4) is 0 Å². The lowest BCUT2D eigenvalue weighted by Gasteiger charge is -2.23. The molecule has 84 valence electrons. The minimum Gasteiger partial charge on any atom is -0.259 e. The lowest BCUT2D eigenvalue weighted by molar-refractivity contribution is -0.433. The van der Waals surface area contributed by atoms with Crippen LogP contribution in [0.4, 0.5) is 0 Å². The molecule has 2 rings (SSSR count). The van der Waals surface area contributed by atoms with Gasteiger partial charge < -0.3 is 0 Å². The number of hydrogen-bond donors (Lipinski definition) is 0. The molecule has 1 aliphatic carbocycles. The number of rotatable bonds is 2. The highest BCUT2D eigenvalue weighted by Crippen LogP contribution is 2.33. The fraction of sp³-hybridized carbons (Fsp3) is 0.385. The van der Waals surface area contributed by atoms with E-state index in [1.165, 1.54) is 5.56 Å². The van der Waals surface area contributed by atoms with Crippen molar-refractivity contribution in [3.05, 3.63) is 51.2 Å². The van der Waals surface area contributed by atoms with Crippen LogP contribution in [0.25, 0.3) is 6.08 Å². The van der Waals surface area contributed by atoms with Crippen molar-refractivity contribution in [3.63, 3.8) is 0 Å². The molecule has 0 heterocycles. The molecule has 0 bridgehead atoms. The molecule has 0 fully saturated rings. The molecule has 1 atom stereocenters. The van der Waals surface area contributed by atoms with Crippen LogP contribution in [-0.2, 0) is 6.42 Å². The maximum absolute atomic E-state index is 11.0. The predicted octanol–water partition coefficient (Wildman–Crippen LogP) is 3.13. The predicted molar refractivity (Wildman–Crippen MR) is 63.4 cm³/mol. The molecule has 16 heavy (non-hydrogen) atoms. The molecule has 0 aliphatic heterocycles. The summed E-state index contributed by atoms with van der Waals surface area (Å²) in [7, 11) is 0. The molecule has 0 radical (unpaired) electrons. The largest absolute Gasteiger partial charge is 0.259 e. The Bertz CT molecular complexity index is 449. The third kappa shape index (κ3) is 1.85. The minimum atomic E-state index is -0.236. The summed E-state index contributed by atoms with van der Waals surface area (Å²) in [6, 6.07) is 7.90. The maximum Gasteiger partial charge on any atom is 0.250 e. The van der Waals surface area contributed by atoms with Gasteiger partial charge in [0.2, 0.25) is 5.70 Å². The first kappa shape index (κ1) is 10.9. The molecule has 1 aromatic rings. The Hall–Kier alpha value is -1.64. The van der Waals surface area contributed by atoms with Crippen molar-refractivity contribution in [2.75, 3.05) is 0 Å². The van der Waals surface area contributed by atoms with Gasteiger partial charge in [0.1, 0.15) is 0 Å². The monoisotopic (exact) mass is 217 g/mol. The van der Waals surface area contributed by atoms with Crippen molar-refractivity contribution in [2.45, 2.75) is 20.3 Å². The average molecular weight is 217 g/mol. The fourth-order valence-electron chi connectivity index (χ4n) is 2.23. The molecule has 0 saturated carbocycles. The van der Waals surface area contributed by atoms with E-state index < -0.39 is 0 Å². The summed E-state index contributed by atoms with van der Waals surface area (Å²) < 4.78 is 0. The summed E-state index contributed by atoms with van der Waals surface area (Å²) in [5, 5.41) is 11.0. The van der Waals surface area contributed by atoms with Crippen LogP contribution < -0.4 is 0 Å². The van der Waals surface area contributed by atoms with E-state index in [2.05, 4.69) is 6.07 Å². The Balaban J connectivity index is 2.47. The van der Waals surface area contributed by atoms with E-state index in [0.29, 0.717) is 11.6 Å². The summed E-state index contributed by atoms with van der Waals surface area (Å²) >= 11 is 0. The first-order chi connectivity index (χ1) is 7.59. The molecule has 0 spiro atoms. The van der Waals surface area contributed by atoms with Gasteiger partial charge in [-0.2, -0.15) is 0 Å². The number of hydrogen-bond acceptors (Lipinski definition) is 2. The van der Waals surface area contributed by atoms with E-state index in [1.54, 1.807) is 6.08 Å². The Morgan fingerprint density at radius 3 is 2.69 bits per heavy atom. The van der Waals surface area contributed by atoms with Gasteiger partial charge in [0, 0.05) is 6.08 Å². The zero-order valence-corrected chi connectivity index (χ0v) is 9.51. The Kier molecular flexibility index (Phi) is 2.77. The fourth-order valence-corrected chi connectivity index (χ4v) is 2.23. The van der Waals surface area contributed by atoms with Crippen LogP contribution in [0.5, 0.6) is 0 Å². The third-order valence-corrected chi connectivity index (χ3v) is 3.19. The summed E-state index contributed by atoms with van der Waals surface area (Å²) in [5.74, 6) is 0.329. The molecule has 3 heteroatoms. The molecule has 0 N–H and O–H groups in total. The normalized spacial score (nSPS) is 19.2. The number of benzene rings is 1. The minimum absolute atomic E-state index is 0.0323. The van der Waals surface area contributed by atoms with Crippen molar-refractivity contribution < 1.29 is 4.92 Å². The summed E-state index contributed by atoms with van der Waals surface area (Å²) in [6.45, 7) is 4.08. The van der Waals surface area contributed by atoms with Gasteiger partial charge in [-0.3, -0.25) is 10.1 Å². The molecule has 1 unspecified atom stereocenters. The molecule has 3 nitrogen and oxygen atoms in total. The van der Waals surface area contributed by atoms with Gasteiger partial charge in [0.15, 0.2) is 0 Å². The smallest absolute Gasteiger partial charge is 0.250 e. The molecule has 0 amide bonds. The second-order valence-electron chi connectivity index (χ2n) is 4.58. The van der Waals surface area contributed by atoms with Crippen LogP contribution in [0.2, 0.25) is 0 Å². The van der Waals surface area contributed by atoms with E-state index >= 15 is 0 Å². The standard InChI is InChI=1S/C13H15NO2/c1-9(2)12-7-10-5-3-4-6-11(10)8-13(12)14(15)16/h3-6,8-9,12H,7H2,1-2H3. The second-order valence-corrected chi connectivity index (χ2v) is 4.58. The summed E-state index contributed by atoms with van der Waals surface area (Å²) in [4.78, 5) is 10.8. The topological polar surface area (TPSA) is 43.1 Å². The van der Waals surface area contributed by atoms with Crippen LogP contribution in [-0.4, -0.2) is 4.92 Å². The van der Waals surface area contributed by atoms with Crippen LogP contribution in [0.1, 0.15) is 25.0 Å². The van der Waals surface area contributed by atoms with E-state index in [0.717, 1.165) is 12.0 Å². The average Bonchev–Trinajstić information content (AvgIpc) is 2.27. The lowest BCUT2D eigenvalue weighted by Crippen LogP contribution is -2.23. The molecule has 1 aromatic carbocycles. The van der Waals surface area contributed by atoms with Gasteiger partial charge in [-0.15, -0.1) is 0 Å². The van der Waals surface area contributed by atoms with Gasteiger partial charge in [-0.25, -0.2) is 0 Å². The Morgan fingerprint density at radius 1 is 1.38 bits per heavy atom. The van der Waals surface area contributed by atoms with Gasteiger partial charge in [-0.1, -0.05) is 38.1 Å². The van der Waals surface area contributed by atoms with Gasteiger partial charge in [-0.05, 0) is 23.5 Å². The Morgan fingerprint density at radius 2 is 2.06 bits per heavy atom. The lowest BCUT2D eigenvalue weighted by atomic mass is 9.81. The van der Waals surface area contributed by atoms with Gasteiger partial charge in [0.05, 0.1) is 10.8 Å². The molecular formula is C13H15NO2. The first-order valence-electron chi connectivity index (χ1n) is 5.53. The number of allylic oxidation sites excluding steroid dienone is 1. The Labute approximate surface area is 94.9 Å².